The molecule has 0 heterocycles. The van der Waals surface area contributed by atoms with Crippen LogP contribution in [-0.2, 0) is 14.3 Å². The van der Waals surface area contributed by atoms with Crippen molar-refractivity contribution in [3.8, 4) is 0 Å². The Hall–Kier alpha value is -1.58. The van der Waals surface area contributed by atoms with E-state index < -0.39 is 5.97 Å². The molecular formula is C15H22O4. The molecule has 1 rings (SSSR count). The van der Waals surface area contributed by atoms with Crippen LogP contribution < -0.4 is 0 Å². The number of hydrogen-bond donors (Lipinski definition) is 1. The number of ether oxygens (including phenoxy) is 1. The number of carbonyl (C=O) groups is 2. The summed E-state index contributed by atoms with van der Waals surface area (Å²) in [5.74, 6) is -0.739. The van der Waals surface area contributed by atoms with E-state index in [0.29, 0.717) is 11.5 Å². The number of aliphatic carboxylic acids is 1. The fraction of sp³-hybridized carbons (Fsp3) is 0.600. The minimum atomic E-state index is -0.987. The summed E-state index contributed by atoms with van der Waals surface area (Å²) in [6.45, 7) is 5.29. The second kappa shape index (κ2) is 7.12. The lowest BCUT2D eigenvalue weighted by Crippen LogP contribution is -2.24. The first-order valence-electron chi connectivity index (χ1n) is 6.69. The maximum absolute atomic E-state index is 11.8. The molecule has 1 saturated carbocycles. The van der Waals surface area contributed by atoms with Gasteiger partial charge in [-0.2, -0.15) is 0 Å². The molecule has 2 unspecified atom stereocenters. The topological polar surface area (TPSA) is 63.6 Å². The molecule has 0 saturated heterocycles. The fourth-order valence-corrected chi connectivity index (χ4v) is 2.12. The number of carbonyl (C=O) groups excluding carboxylic acids is 1. The molecule has 0 aromatic carbocycles. The molecule has 106 valence electrons. The molecule has 0 bridgehead atoms. The first kappa shape index (κ1) is 15.5. The largest absolute Gasteiger partial charge is 0.478 e. The van der Waals surface area contributed by atoms with Crippen molar-refractivity contribution in [2.45, 2.75) is 52.6 Å². The molecule has 0 aliphatic heterocycles. The van der Waals surface area contributed by atoms with Crippen LogP contribution in [0.25, 0.3) is 0 Å². The summed E-state index contributed by atoms with van der Waals surface area (Å²) in [4.78, 5) is 22.5. The summed E-state index contributed by atoms with van der Waals surface area (Å²) in [5.41, 5.74) is 0.622. The average molecular weight is 266 g/mol. The van der Waals surface area contributed by atoms with Gasteiger partial charge in [0.25, 0.3) is 0 Å². The van der Waals surface area contributed by atoms with E-state index in [0.717, 1.165) is 19.3 Å². The molecule has 0 aromatic rings. The van der Waals surface area contributed by atoms with Gasteiger partial charge in [-0.25, -0.2) is 9.59 Å². The number of carboxylic acid groups (broad SMARTS) is 1. The van der Waals surface area contributed by atoms with Gasteiger partial charge in [-0.1, -0.05) is 25.5 Å². The Bertz CT molecular complexity index is 406. The van der Waals surface area contributed by atoms with E-state index in [9.17, 15) is 9.59 Å². The van der Waals surface area contributed by atoms with Gasteiger partial charge in [0.05, 0.1) is 0 Å². The van der Waals surface area contributed by atoms with Crippen molar-refractivity contribution in [2.24, 2.45) is 5.92 Å². The third kappa shape index (κ3) is 5.28. The van der Waals surface area contributed by atoms with Gasteiger partial charge in [0, 0.05) is 11.1 Å². The minimum absolute atomic E-state index is 0.00384. The van der Waals surface area contributed by atoms with E-state index in [1.54, 1.807) is 6.92 Å². The Morgan fingerprint density at radius 1 is 1.16 bits per heavy atom. The van der Waals surface area contributed by atoms with Crippen molar-refractivity contribution in [3.63, 3.8) is 0 Å². The molecular weight excluding hydrogens is 244 g/mol. The van der Waals surface area contributed by atoms with Crippen LogP contribution >= 0.6 is 0 Å². The zero-order valence-electron chi connectivity index (χ0n) is 11.8. The van der Waals surface area contributed by atoms with Crippen LogP contribution in [0.5, 0.6) is 0 Å². The number of allylic oxidation sites excluding steroid dienone is 2. The monoisotopic (exact) mass is 266 g/mol. The second-order valence-electron chi connectivity index (χ2n) is 5.30. The van der Waals surface area contributed by atoms with Crippen LogP contribution in [0.2, 0.25) is 0 Å². The highest BCUT2D eigenvalue weighted by molar-refractivity contribution is 5.89. The molecule has 0 amide bonds. The highest BCUT2D eigenvalue weighted by Gasteiger charge is 2.22. The first-order valence-corrected chi connectivity index (χ1v) is 6.69. The standard InChI is InChI=1S/C15H22O4/c1-10-5-4-6-13(9-10)19-15(18)12(3)8-7-11(2)14(16)17/h7-8,10,13H,4-6,9H2,1-3H3,(H,16,17). The Morgan fingerprint density at radius 2 is 1.79 bits per heavy atom. The van der Waals surface area contributed by atoms with Crippen LogP contribution in [0.4, 0.5) is 0 Å². The van der Waals surface area contributed by atoms with Gasteiger partial charge >= 0.3 is 11.9 Å². The maximum Gasteiger partial charge on any atom is 0.333 e. The predicted octanol–water partition coefficient (Wildman–Crippen LogP) is 3.09. The molecule has 0 spiro atoms. The third-order valence-electron chi connectivity index (χ3n) is 3.40. The summed E-state index contributed by atoms with van der Waals surface area (Å²) < 4.78 is 5.43. The van der Waals surface area contributed by atoms with Crippen molar-refractivity contribution in [3.05, 3.63) is 23.3 Å². The third-order valence-corrected chi connectivity index (χ3v) is 3.40. The number of rotatable bonds is 4. The molecule has 1 aliphatic rings. The smallest absolute Gasteiger partial charge is 0.333 e. The van der Waals surface area contributed by atoms with Gasteiger partial charge in [0.1, 0.15) is 6.10 Å². The van der Waals surface area contributed by atoms with Gasteiger partial charge in [0.2, 0.25) is 0 Å². The molecule has 1 fully saturated rings. The van der Waals surface area contributed by atoms with Crippen LogP contribution in [0.15, 0.2) is 23.3 Å². The van der Waals surface area contributed by atoms with Gasteiger partial charge in [0.15, 0.2) is 0 Å². The lowest BCUT2D eigenvalue weighted by Gasteiger charge is -2.26. The SMILES string of the molecule is CC(=CC=C(C)C(=O)OC1CCCC(C)C1)C(=O)O. The van der Waals surface area contributed by atoms with Gasteiger partial charge < -0.3 is 9.84 Å². The first-order chi connectivity index (χ1) is 8.90. The lowest BCUT2D eigenvalue weighted by molar-refractivity contribution is -0.146. The van der Waals surface area contributed by atoms with Crippen molar-refractivity contribution in [1.82, 2.24) is 0 Å². The Labute approximate surface area is 114 Å². The summed E-state index contributed by atoms with van der Waals surface area (Å²) in [5, 5.41) is 8.71. The fourth-order valence-electron chi connectivity index (χ4n) is 2.12. The Balaban J connectivity index is 2.55. The van der Waals surface area contributed by atoms with Crippen molar-refractivity contribution in [2.75, 3.05) is 0 Å². The van der Waals surface area contributed by atoms with Crippen LogP contribution in [0, 0.1) is 5.92 Å². The van der Waals surface area contributed by atoms with E-state index in [4.69, 9.17) is 9.84 Å². The number of carboxylic acids is 1. The zero-order valence-corrected chi connectivity index (χ0v) is 11.8. The number of esters is 1. The molecule has 0 radical (unpaired) electrons. The highest BCUT2D eigenvalue weighted by atomic mass is 16.5. The lowest BCUT2D eigenvalue weighted by atomic mass is 9.89. The molecule has 19 heavy (non-hydrogen) atoms. The van der Waals surface area contributed by atoms with Gasteiger partial charge in [-0.15, -0.1) is 0 Å². The Morgan fingerprint density at radius 3 is 2.37 bits per heavy atom. The zero-order chi connectivity index (χ0) is 14.4. The van der Waals surface area contributed by atoms with Crippen molar-refractivity contribution in [1.29, 1.82) is 0 Å². The van der Waals surface area contributed by atoms with Gasteiger partial charge in [-0.3, -0.25) is 0 Å². The molecule has 0 aromatic heterocycles. The summed E-state index contributed by atoms with van der Waals surface area (Å²) in [6, 6.07) is 0. The molecule has 4 heteroatoms. The molecule has 1 N–H and O–H groups in total. The molecule has 2 atom stereocenters. The Kier molecular flexibility index (Phi) is 5.80. The molecule has 1 aliphatic carbocycles. The van der Waals surface area contributed by atoms with Crippen LogP contribution in [0.1, 0.15) is 46.5 Å². The summed E-state index contributed by atoms with van der Waals surface area (Å²) in [6.07, 6.45) is 7.06. The second-order valence-corrected chi connectivity index (χ2v) is 5.30. The maximum atomic E-state index is 11.8. The van der Waals surface area contributed by atoms with Gasteiger partial charge in [-0.05, 0) is 39.0 Å². The summed E-state index contributed by atoms with van der Waals surface area (Å²) >= 11 is 0. The van der Waals surface area contributed by atoms with E-state index >= 15 is 0 Å². The van der Waals surface area contributed by atoms with Crippen molar-refractivity contribution < 1.29 is 19.4 Å². The van der Waals surface area contributed by atoms with E-state index in [1.165, 1.54) is 25.5 Å². The molecule has 4 nitrogen and oxygen atoms in total. The minimum Gasteiger partial charge on any atom is -0.478 e. The number of hydrogen-bond acceptors (Lipinski definition) is 3. The van der Waals surface area contributed by atoms with Crippen LogP contribution in [0.3, 0.4) is 0 Å². The predicted molar refractivity (Wildman–Crippen MR) is 72.7 cm³/mol. The summed E-state index contributed by atoms with van der Waals surface area (Å²) in [7, 11) is 0. The van der Waals surface area contributed by atoms with E-state index in [2.05, 4.69) is 6.92 Å². The quantitative estimate of drug-likeness (QED) is 0.482. The highest BCUT2D eigenvalue weighted by Crippen LogP contribution is 2.26. The van der Waals surface area contributed by atoms with E-state index in [-0.39, 0.29) is 17.6 Å². The van der Waals surface area contributed by atoms with E-state index in [1.807, 2.05) is 0 Å². The van der Waals surface area contributed by atoms with Crippen LogP contribution in [-0.4, -0.2) is 23.1 Å². The normalized spacial score (nSPS) is 25.0. The van der Waals surface area contributed by atoms with Crippen molar-refractivity contribution >= 4 is 11.9 Å². The average Bonchev–Trinajstić information content (AvgIpc) is 2.35.